The van der Waals surface area contributed by atoms with Gasteiger partial charge < -0.3 is 4.74 Å². The molecule has 0 fully saturated rings. The number of hydrogen-bond donors (Lipinski definition) is 0. The summed E-state index contributed by atoms with van der Waals surface area (Å²) < 4.78 is 19.5. The minimum Gasteiger partial charge on any atom is -0.443 e. The van der Waals surface area contributed by atoms with E-state index in [9.17, 15) is 9.18 Å². The Morgan fingerprint density at radius 1 is 1.10 bits per heavy atom. The van der Waals surface area contributed by atoms with E-state index >= 15 is 0 Å². The SMILES string of the molecule is C=CC(c1ccccc1)N(Cc1ccccc1)N(CC(=C)F)C(=O)OC(C)(C)C. The fraction of sp³-hybridized carbons (Fsp3) is 0.292. The highest BCUT2D eigenvalue weighted by atomic mass is 19.1. The van der Waals surface area contributed by atoms with E-state index in [1.54, 1.807) is 31.9 Å². The molecule has 4 nitrogen and oxygen atoms in total. The van der Waals surface area contributed by atoms with Gasteiger partial charge in [-0.05, 0) is 31.9 Å². The van der Waals surface area contributed by atoms with Crippen molar-refractivity contribution in [2.24, 2.45) is 0 Å². The lowest BCUT2D eigenvalue weighted by molar-refractivity contribution is -0.0672. The predicted molar refractivity (Wildman–Crippen MR) is 115 cm³/mol. The monoisotopic (exact) mass is 396 g/mol. The Hall–Kier alpha value is -2.92. The van der Waals surface area contributed by atoms with Crippen molar-refractivity contribution in [2.75, 3.05) is 6.54 Å². The summed E-state index contributed by atoms with van der Waals surface area (Å²) in [5.74, 6) is -0.634. The molecule has 0 aliphatic carbocycles. The van der Waals surface area contributed by atoms with E-state index in [1.807, 2.05) is 60.7 Å². The quantitative estimate of drug-likeness (QED) is 0.402. The summed E-state index contributed by atoms with van der Waals surface area (Å²) in [6.45, 7) is 12.7. The summed E-state index contributed by atoms with van der Waals surface area (Å²) in [5, 5.41) is 3.02. The Morgan fingerprint density at radius 3 is 2.14 bits per heavy atom. The van der Waals surface area contributed by atoms with Gasteiger partial charge in [0.25, 0.3) is 0 Å². The Bertz CT molecular complexity index is 816. The van der Waals surface area contributed by atoms with Crippen LogP contribution >= 0.6 is 0 Å². The number of rotatable bonds is 8. The van der Waals surface area contributed by atoms with E-state index in [4.69, 9.17) is 4.74 Å². The second kappa shape index (κ2) is 10.0. The molecular weight excluding hydrogens is 367 g/mol. The summed E-state index contributed by atoms with van der Waals surface area (Å²) in [6, 6.07) is 18.9. The number of carbonyl (C=O) groups excluding carboxylic acids is 1. The van der Waals surface area contributed by atoms with E-state index < -0.39 is 17.5 Å². The minimum atomic E-state index is -0.720. The summed E-state index contributed by atoms with van der Waals surface area (Å²) in [5.41, 5.74) is 1.17. The molecule has 2 rings (SSSR count). The van der Waals surface area contributed by atoms with Crippen LogP contribution in [0.1, 0.15) is 37.9 Å². The molecule has 1 atom stereocenters. The fourth-order valence-corrected chi connectivity index (χ4v) is 2.92. The normalized spacial score (nSPS) is 12.3. The molecular formula is C24H29FN2O2. The number of benzene rings is 2. The third-order valence-corrected chi connectivity index (χ3v) is 4.11. The van der Waals surface area contributed by atoms with E-state index in [0.29, 0.717) is 6.54 Å². The molecule has 2 aromatic rings. The van der Waals surface area contributed by atoms with Crippen molar-refractivity contribution in [2.45, 2.75) is 39.0 Å². The first kappa shape index (κ1) is 22.4. The molecule has 0 saturated heterocycles. The Labute approximate surface area is 172 Å². The maximum Gasteiger partial charge on any atom is 0.425 e. The van der Waals surface area contributed by atoms with Gasteiger partial charge in [-0.15, -0.1) is 6.58 Å². The van der Waals surface area contributed by atoms with E-state index in [2.05, 4.69) is 13.2 Å². The molecule has 2 aromatic carbocycles. The van der Waals surface area contributed by atoms with Gasteiger partial charge in [-0.2, -0.15) is 5.01 Å². The number of nitrogens with zero attached hydrogens (tertiary/aromatic N) is 2. The lowest BCUT2D eigenvalue weighted by atomic mass is 10.1. The third-order valence-electron chi connectivity index (χ3n) is 4.11. The zero-order valence-corrected chi connectivity index (χ0v) is 17.3. The Balaban J connectivity index is 2.49. The number of hydrazine groups is 1. The molecule has 0 aliphatic heterocycles. The molecule has 0 bridgehead atoms. The maximum absolute atomic E-state index is 13.9. The lowest BCUT2D eigenvalue weighted by Gasteiger charge is -2.39. The molecule has 154 valence electrons. The van der Waals surface area contributed by atoms with E-state index in [-0.39, 0.29) is 12.6 Å². The van der Waals surface area contributed by atoms with Crippen molar-refractivity contribution in [1.82, 2.24) is 10.0 Å². The van der Waals surface area contributed by atoms with Gasteiger partial charge in [-0.1, -0.05) is 73.3 Å². The Kier molecular flexibility index (Phi) is 7.74. The van der Waals surface area contributed by atoms with E-state index in [0.717, 1.165) is 11.1 Å². The van der Waals surface area contributed by atoms with Crippen LogP contribution in [-0.2, 0) is 11.3 Å². The summed E-state index contributed by atoms with van der Waals surface area (Å²) in [4.78, 5) is 13.0. The van der Waals surface area contributed by atoms with Crippen molar-refractivity contribution in [1.29, 1.82) is 0 Å². The lowest BCUT2D eigenvalue weighted by Crippen LogP contribution is -2.49. The van der Waals surface area contributed by atoms with Crippen LogP contribution in [0.4, 0.5) is 9.18 Å². The van der Waals surface area contributed by atoms with Crippen LogP contribution in [0.15, 0.2) is 85.7 Å². The van der Waals surface area contributed by atoms with Crippen molar-refractivity contribution < 1.29 is 13.9 Å². The van der Waals surface area contributed by atoms with Crippen molar-refractivity contribution >= 4 is 6.09 Å². The highest BCUT2D eigenvalue weighted by molar-refractivity contribution is 5.68. The maximum atomic E-state index is 13.9. The smallest absolute Gasteiger partial charge is 0.425 e. The van der Waals surface area contributed by atoms with Gasteiger partial charge in [-0.25, -0.2) is 14.2 Å². The average molecular weight is 397 g/mol. The first-order valence-electron chi connectivity index (χ1n) is 9.53. The number of carbonyl (C=O) groups is 1. The van der Waals surface area contributed by atoms with Gasteiger partial charge >= 0.3 is 6.09 Å². The second-order valence-electron chi connectivity index (χ2n) is 7.73. The molecule has 0 aromatic heterocycles. The topological polar surface area (TPSA) is 32.8 Å². The number of amides is 1. The average Bonchev–Trinajstić information content (AvgIpc) is 2.66. The van der Waals surface area contributed by atoms with Crippen molar-refractivity contribution in [3.63, 3.8) is 0 Å². The van der Waals surface area contributed by atoms with Crippen molar-refractivity contribution in [3.05, 3.63) is 96.9 Å². The molecule has 5 heteroatoms. The second-order valence-corrected chi connectivity index (χ2v) is 7.73. The molecule has 0 heterocycles. The van der Waals surface area contributed by atoms with Crippen LogP contribution in [0.2, 0.25) is 0 Å². The number of ether oxygens (including phenoxy) is 1. The van der Waals surface area contributed by atoms with Crippen molar-refractivity contribution in [3.8, 4) is 0 Å². The van der Waals surface area contributed by atoms with Gasteiger partial charge in [0, 0.05) is 6.54 Å². The highest BCUT2D eigenvalue weighted by Crippen LogP contribution is 2.28. The van der Waals surface area contributed by atoms with E-state index in [1.165, 1.54) is 5.01 Å². The molecule has 0 N–H and O–H groups in total. The first-order valence-corrected chi connectivity index (χ1v) is 9.53. The summed E-state index contributed by atoms with van der Waals surface area (Å²) >= 11 is 0. The molecule has 0 radical (unpaired) electrons. The molecule has 0 spiro atoms. The van der Waals surface area contributed by atoms with Gasteiger partial charge in [0.05, 0.1) is 12.6 Å². The number of halogens is 1. The largest absolute Gasteiger partial charge is 0.443 e. The van der Waals surface area contributed by atoms with Crippen LogP contribution in [0, 0.1) is 0 Å². The molecule has 0 aliphatic rings. The minimum absolute atomic E-state index is 0.307. The molecule has 1 unspecified atom stereocenters. The molecule has 1 amide bonds. The zero-order valence-electron chi connectivity index (χ0n) is 17.3. The van der Waals surface area contributed by atoms with Crippen LogP contribution in [0.5, 0.6) is 0 Å². The van der Waals surface area contributed by atoms with Crippen LogP contribution < -0.4 is 0 Å². The highest BCUT2D eigenvalue weighted by Gasteiger charge is 2.32. The van der Waals surface area contributed by atoms with Gasteiger partial charge in [0.2, 0.25) is 0 Å². The first-order chi connectivity index (χ1) is 13.7. The van der Waals surface area contributed by atoms with Gasteiger partial charge in [-0.3, -0.25) is 0 Å². The molecule has 29 heavy (non-hydrogen) atoms. The third kappa shape index (κ3) is 6.88. The predicted octanol–water partition coefficient (Wildman–Crippen LogP) is 6.05. The van der Waals surface area contributed by atoms with Crippen LogP contribution in [0.25, 0.3) is 0 Å². The fourth-order valence-electron chi connectivity index (χ4n) is 2.92. The van der Waals surface area contributed by atoms with Crippen LogP contribution in [-0.4, -0.2) is 28.3 Å². The van der Waals surface area contributed by atoms with Gasteiger partial charge in [0.1, 0.15) is 11.4 Å². The molecule has 0 saturated carbocycles. The van der Waals surface area contributed by atoms with Crippen LogP contribution in [0.3, 0.4) is 0 Å². The zero-order chi connectivity index (χ0) is 21.4. The Morgan fingerprint density at radius 2 is 1.66 bits per heavy atom. The summed E-state index contributed by atoms with van der Waals surface area (Å²) in [7, 11) is 0. The number of hydrogen-bond acceptors (Lipinski definition) is 3. The van der Waals surface area contributed by atoms with Gasteiger partial charge in [0.15, 0.2) is 0 Å². The summed E-state index contributed by atoms with van der Waals surface area (Å²) in [6.07, 6.45) is 1.09. The standard InChI is InChI=1S/C24H29FN2O2/c1-6-22(21-15-11-8-12-16-21)26(18-20-13-9-7-10-14-20)27(17-19(2)25)23(28)29-24(3,4)5/h6-16,22H,1-2,17-18H2,3-5H3.